The Kier molecular flexibility index (Phi) is 2.25. The van der Waals surface area contributed by atoms with E-state index in [4.69, 9.17) is 0 Å². The molecule has 0 saturated carbocycles. The predicted molar refractivity (Wildman–Crippen MR) is 45.3 cm³/mol. The van der Waals surface area contributed by atoms with Crippen LogP contribution in [0.25, 0.3) is 0 Å². The van der Waals surface area contributed by atoms with E-state index < -0.39 is 9.84 Å². The fourth-order valence-electron chi connectivity index (χ4n) is 1.44. The molecule has 0 aromatic carbocycles. The Labute approximate surface area is 68.1 Å². The van der Waals surface area contributed by atoms with Crippen LogP contribution in [-0.2, 0) is 9.84 Å². The van der Waals surface area contributed by atoms with Gasteiger partial charge in [0.1, 0.15) is 0 Å². The minimum atomic E-state index is -2.82. The maximum Gasteiger partial charge on any atom is 0.155 e. The Morgan fingerprint density at radius 3 is 2.27 bits per heavy atom. The minimum Gasteiger partial charge on any atom is -0.309 e. The van der Waals surface area contributed by atoms with Crippen LogP contribution in [0.15, 0.2) is 0 Å². The van der Waals surface area contributed by atoms with Gasteiger partial charge in [-0.1, -0.05) is 0 Å². The van der Waals surface area contributed by atoms with E-state index in [0.29, 0.717) is 0 Å². The molecule has 0 radical (unpaired) electrons. The molecule has 1 rings (SSSR count). The second kappa shape index (κ2) is 2.75. The Balaban J connectivity index is 2.84. The van der Waals surface area contributed by atoms with Crippen molar-refractivity contribution in [2.75, 3.05) is 5.75 Å². The summed E-state index contributed by atoms with van der Waals surface area (Å²) in [6, 6.07) is 0.190. The van der Waals surface area contributed by atoms with Gasteiger partial charge >= 0.3 is 0 Å². The molecule has 66 valence electrons. The molecule has 1 fully saturated rings. The highest BCUT2D eigenvalue weighted by Crippen LogP contribution is 2.14. The van der Waals surface area contributed by atoms with E-state index in [1.807, 2.05) is 13.8 Å². The van der Waals surface area contributed by atoms with Crippen LogP contribution >= 0.6 is 0 Å². The highest BCUT2D eigenvalue weighted by atomic mass is 32.2. The number of hydrogen-bond acceptors (Lipinski definition) is 3. The maximum absolute atomic E-state index is 11.4. The summed E-state index contributed by atoms with van der Waals surface area (Å²) in [6.07, 6.45) is 0. The van der Waals surface area contributed by atoms with Crippen LogP contribution in [0, 0.1) is 0 Å². The smallest absolute Gasteiger partial charge is 0.155 e. The lowest BCUT2D eigenvalue weighted by molar-refractivity contribution is 0.439. The van der Waals surface area contributed by atoms with Gasteiger partial charge in [-0.05, 0) is 20.8 Å². The largest absolute Gasteiger partial charge is 0.309 e. The van der Waals surface area contributed by atoms with E-state index >= 15 is 0 Å². The first-order chi connectivity index (χ1) is 4.93. The molecule has 1 aliphatic rings. The van der Waals surface area contributed by atoms with Crippen LogP contribution in [0.2, 0.25) is 0 Å². The van der Waals surface area contributed by atoms with Crippen molar-refractivity contribution in [2.24, 2.45) is 0 Å². The summed E-state index contributed by atoms with van der Waals surface area (Å²) >= 11 is 0. The quantitative estimate of drug-likeness (QED) is 0.574. The summed E-state index contributed by atoms with van der Waals surface area (Å²) in [5.74, 6) is 0.276. The lowest BCUT2D eigenvalue weighted by Crippen LogP contribution is -2.53. The molecule has 1 heterocycles. The van der Waals surface area contributed by atoms with Crippen molar-refractivity contribution in [1.82, 2.24) is 5.32 Å². The molecule has 0 amide bonds. The van der Waals surface area contributed by atoms with E-state index in [0.717, 1.165) is 0 Å². The highest BCUT2D eigenvalue weighted by molar-refractivity contribution is 7.92. The molecule has 1 N–H and O–H groups in total. The van der Waals surface area contributed by atoms with Gasteiger partial charge in [0, 0.05) is 12.1 Å². The van der Waals surface area contributed by atoms with Gasteiger partial charge in [-0.15, -0.1) is 0 Å². The Morgan fingerprint density at radius 1 is 1.27 bits per heavy atom. The molecule has 11 heavy (non-hydrogen) atoms. The zero-order valence-corrected chi connectivity index (χ0v) is 7.98. The summed E-state index contributed by atoms with van der Waals surface area (Å²) < 4.78 is 22.7. The normalized spacial score (nSPS) is 43.7. The van der Waals surface area contributed by atoms with Crippen LogP contribution < -0.4 is 5.32 Å². The highest BCUT2D eigenvalue weighted by Gasteiger charge is 2.33. The van der Waals surface area contributed by atoms with Crippen molar-refractivity contribution in [1.29, 1.82) is 0 Å². The lowest BCUT2D eigenvalue weighted by atomic mass is 10.2. The summed E-state index contributed by atoms with van der Waals surface area (Å²) in [5.41, 5.74) is 0. The van der Waals surface area contributed by atoms with Gasteiger partial charge < -0.3 is 5.32 Å². The molecule has 1 saturated heterocycles. The Hall–Kier alpha value is -0.0900. The second-order valence-electron chi connectivity index (χ2n) is 3.39. The van der Waals surface area contributed by atoms with Gasteiger partial charge in [-0.2, -0.15) is 0 Å². The van der Waals surface area contributed by atoms with Gasteiger partial charge in [-0.3, -0.25) is 0 Å². The van der Waals surface area contributed by atoms with E-state index in [1.165, 1.54) is 0 Å². The number of hydrogen-bond donors (Lipinski definition) is 1. The van der Waals surface area contributed by atoms with Crippen LogP contribution in [0.1, 0.15) is 20.8 Å². The van der Waals surface area contributed by atoms with Crippen molar-refractivity contribution in [2.45, 2.75) is 38.1 Å². The second-order valence-corrected chi connectivity index (χ2v) is 5.79. The van der Waals surface area contributed by atoms with Gasteiger partial charge in [-0.25, -0.2) is 8.42 Å². The van der Waals surface area contributed by atoms with Crippen LogP contribution in [0.3, 0.4) is 0 Å². The summed E-state index contributed by atoms with van der Waals surface area (Å²) in [7, 11) is -2.82. The molecule has 0 aromatic heterocycles. The van der Waals surface area contributed by atoms with Gasteiger partial charge in [0.2, 0.25) is 0 Å². The molecule has 1 aliphatic heterocycles. The molecular weight excluding hydrogens is 162 g/mol. The van der Waals surface area contributed by atoms with Gasteiger partial charge in [0.15, 0.2) is 9.84 Å². The number of nitrogens with one attached hydrogen (secondary N) is 1. The van der Waals surface area contributed by atoms with Gasteiger partial charge in [0.05, 0.1) is 11.0 Å². The monoisotopic (exact) mass is 177 g/mol. The molecule has 4 heteroatoms. The van der Waals surface area contributed by atoms with Crippen molar-refractivity contribution >= 4 is 9.84 Å². The van der Waals surface area contributed by atoms with Crippen LogP contribution in [-0.4, -0.2) is 31.5 Å². The number of sulfone groups is 1. The molecule has 0 aromatic rings. The van der Waals surface area contributed by atoms with E-state index in [2.05, 4.69) is 5.32 Å². The summed E-state index contributed by atoms with van der Waals surface area (Å²) in [5, 5.41) is 2.97. The standard InChI is InChI=1S/C7H15NO2S/c1-5-4-11(9,10)7(3)6(2)8-5/h5-8H,4H2,1-3H3. The van der Waals surface area contributed by atoms with Gasteiger partial charge in [0.25, 0.3) is 0 Å². The summed E-state index contributed by atoms with van der Waals surface area (Å²) in [4.78, 5) is 0. The van der Waals surface area contributed by atoms with E-state index in [9.17, 15) is 8.42 Å². The molecule has 3 unspecified atom stereocenters. The topological polar surface area (TPSA) is 46.2 Å². The maximum atomic E-state index is 11.4. The fraction of sp³-hybridized carbons (Fsp3) is 1.00. The first-order valence-corrected chi connectivity index (χ1v) is 5.62. The zero-order chi connectivity index (χ0) is 8.65. The van der Waals surface area contributed by atoms with Crippen molar-refractivity contribution < 1.29 is 8.42 Å². The van der Waals surface area contributed by atoms with Crippen molar-refractivity contribution in [3.8, 4) is 0 Å². The SMILES string of the molecule is CC1CS(=O)(=O)C(C)C(C)N1. The van der Waals surface area contributed by atoms with Crippen molar-refractivity contribution in [3.05, 3.63) is 0 Å². The lowest BCUT2D eigenvalue weighted by Gasteiger charge is -2.31. The molecular formula is C7H15NO2S. The first kappa shape index (κ1) is 9.00. The zero-order valence-electron chi connectivity index (χ0n) is 7.16. The fourth-order valence-corrected chi connectivity index (χ4v) is 3.24. The van der Waals surface area contributed by atoms with E-state index in [1.54, 1.807) is 6.92 Å². The molecule has 0 spiro atoms. The number of rotatable bonds is 0. The van der Waals surface area contributed by atoms with Crippen LogP contribution in [0.4, 0.5) is 0 Å². The third kappa shape index (κ3) is 1.73. The Bertz CT molecular complexity index is 235. The predicted octanol–water partition coefficient (Wildman–Crippen LogP) is 0.170. The molecule has 0 aliphatic carbocycles. The third-order valence-electron chi connectivity index (χ3n) is 2.30. The minimum absolute atomic E-state index is 0.0868. The molecule has 0 bridgehead atoms. The Morgan fingerprint density at radius 2 is 1.82 bits per heavy atom. The average Bonchev–Trinajstić information content (AvgIpc) is 1.81. The molecule has 3 atom stereocenters. The average molecular weight is 177 g/mol. The first-order valence-electron chi connectivity index (χ1n) is 3.91. The third-order valence-corrected chi connectivity index (χ3v) is 4.81. The van der Waals surface area contributed by atoms with E-state index in [-0.39, 0.29) is 23.1 Å². The van der Waals surface area contributed by atoms with Crippen LogP contribution in [0.5, 0.6) is 0 Å². The van der Waals surface area contributed by atoms with Crippen molar-refractivity contribution in [3.63, 3.8) is 0 Å². The molecule has 3 nitrogen and oxygen atoms in total. The summed E-state index contributed by atoms with van der Waals surface area (Å²) in [6.45, 7) is 5.58.